The van der Waals surface area contributed by atoms with Crippen molar-refractivity contribution < 1.29 is 18.9 Å². The first-order chi connectivity index (χ1) is 19.7. The smallest absolute Gasteiger partial charge is 0.125 e. The fourth-order valence-electron chi connectivity index (χ4n) is 6.29. The van der Waals surface area contributed by atoms with Crippen LogP contribution in [0.4, 0.5) is 0 Å². The third-order valence-corrected chi connectivity index (χ3v) is 8.08. The maximum atomic E-state index is 5.99. The largest absolute Gasteiger partial charge is 0.496 e. The maximum absolute atomic E-state index is 5.99. The van der Waals surface area contributed by atoms with E-state index in [9.17, 15) is 0 Å². The van der Waals surface area contributed by atoms with Crippen molar-refractivity contribution in [3.8, 4) is 23.0 Å². The zero-order valence-corrected chi connectivity index (χ0v) is 24.2. The molecule has 0 aliphatic heterocycles. The molecule has 0 N–H and O–H groups in total. The van der Waals surface area contributed by atoms with Crippen molar-refractivity contribution in [1.29, 1.82) is 0 Å². The summed E-state index contributed by atoms with van der Waals surface area (Å²) in [5.41, 5.74) is 9.69. The van der Waals surface area contributed by atoms with E-state index in [2.05, 4.69) is 72.8 Å². The van der Waals surface area contributed by atoms with E-state index >= 15 is 0 Å². The van der Waals surface area contributed by atoms with Crippen molar-refractivity contribution >= 4 is 0 Å². The number of methoxy groups -OCH3 is 4. The van der Waals surface area contributed by atoms with Crippen LogP contribution in [0.3, 0.4) is 0 Å². The minimum Gasteiger partial charge on any atom is -0.496 e. The summed E-state index contributed by atoms with van der Waals surface area (Å²) in [5, 5.41) is 0. The Morgan fingerprint density at radius 2 is 0.575 bits per heavy atom. The van der Waals surface area contributed by atoms with E-state index in [1.807, 2.05) is 0 Å². The third kappa shape index (κ3) is 5.82. The lowest BCUT2D eigenvalue weighted by Gasteiger charge is -2.19. The molecule has 0 saturated heterocycles. The molecular formula is C36H40O4. The van der Waals surface area contributed by atoms with Gasteiger partial charge in [0.2, 0.25) is 0 Å². The molecule has 0 saturated carbocycles. The van der Waals surface area contributed by atoms with Gasteiger partial charge >= 0.3 is 0 Å². The average Bonchev–Trinajstić information content (AvgIpc) is 2.97. The molecule has 0 spiro atoms. The fraction of sp³-hybridized carbons (Fsp3) is 0.333. The van der Waals surface area contributed by atoms with Crippen molar-refractivity contribution in [1.82, 2.24) is 0 Å². The summed E-state index contributed by atoms with van der Waals surface area (Å²) in [7, 11) is 7.13. The molecule has 0 heterocycles. The Morgan fingerprint density at radius 3 is 0.800 bits per heavy atom. The van der Waals surface area contributed by atoms with Crippen molar-refractivity contribution in [2.45, 2.75) is 51.4 Å². The lowest BCUT2D eigenvalue weighted by atomic mass is 9.93. The topological polar surface area (TPSA) is 36.9 Å². The Balaban J connectivity index is 1.57. The average molecular weight is 537 g/mol. The highest BCUT2D eigenvalue weighted by molar-refractivity contribution is 5.51. The Bertz CT molecular complexity index is 1240. The van der Waals surface area contributed by atoms with E-state index in [1.165, 1.54) is 44.5 Å². The third-order valence-electron chi connectivity index (χ3n) is 8.08. The molecule has 4 aromatic carbocycles. The molecule has 0 fully saturated rings. The summed E-state index contributed by atoms with van der Waals surface area (Å²) in [4.78, 5) is 0. The van der Waals surface area contributed by atoms with Gasteiger partial charge in [0.05, 0.1) is 28.4 Å². The number of hydrogen-bond acceptors (Lipinski definition) is 4. The van der Waals surface area contributed by atoms with Crippen molar-refractivity contribution in [3.05, 3.63) is 117 Å². The molecule has 0 atom stereocenters. The molecule has 0 aromatic heterocycles. The SMILES string of the molecule is COc1c2cccc1Cc1cccc(c1OC)CCCc1cccc(c1OC)Cc1cccc(c1OC)CCC2. The molecule has 208 valence electrons. The van der Waals surface area contributed by atoms with Gasteiger partial charge in [-0.05, 0) is 83.0 Å². The Kier molecular flexibility index (Phi) is 8.95. The first-order valence-electron chi connectivity index (χ1n) is 14.3. The predicted octanol–water partition coefficient (Wildman–Crippen LogP) is 7.57. The molecule has 4 aromatic rings. The van der Waals surface area contributed by atoms with Crippen LogP contribution in [0, 0.1) is 0 Å². The monoisotopic (exact) mass is 536 g/mol. The van der Waals surface area contributed by atoms with Gasteiger partial charge in [-0.15, -0.1) is 0 Å². The van der Waals surface area contributed by atoms with E-state index in [1.54, 1.807) is 28.4 Å². The van der Waals surface area contributed by atoms with Crippen molar-refractivity contribution in [2.24, 2.45) is 0 Å². The number of ether oxygens (including phenoxy) is 4. The fourth-order valence-corrected chi connectivity index (χ4v) is 6.29. The number of para-hydroxylation sites is 4. The van der Waals surface area contributed by atoms with Crippen molar-refractivity contribution in [3.63, 3.8) is 0 Å². The zero-order valence-electron chi connectivity index (χ0n) is 24.2. The van der Waals surface area contributed by atoms with Crippen LogP contribution in [0.25, 0.3) is 0 Å². The van der Waals surface area contributed by atoms with E-state index in [4.69, 9.17) is 18.9 Å². The van der Waals surface area contributed by atoms with Crippen LogP contribution < -0.4 is 18.9 Å². The normalized spacial score (nSPS) is 13.7. The standard InChI is InChI=1S/C36H40O4/c1-37-33-25-11-5-12-26-17-9-21-31(35(26)39-3)24-32-22-10-18-28(36(32)40-4)14-6-13-27-16-8-20-30(34(27)38-2)23-29(33)19-7-15-25/h7-10,15-22H,5-6,11-14,23-24H2,1-4H3. The number of aryl methyl sites for hydroxylation is 4. The Hall–Kier alpha value is -3.92. The highest BCUT2D eigenvalue weighted by Crippen LogP contribution is 2.35. The highest BCUT2D eigenvalue weighted by Gasteiger charge is 2.17. The zero-order chi connectivity index (χ0) is 27.9. The van der Waals surface area contributed by atoms with Crippen LogP contribution in [-0.4, -0.2) is 28.4 Å². The predicted molar refractivity (Wildman–Crippen MR) is 162 cm³/mol. The summed E-state index contributed by atoms with van der Waals surface area (Å²) in [5.74, 6) is 3.93. The van der Waals surface area contributed by atoms with Gasteiger partial charge < -0.3 is 18.9 Å². The lowest BCUT2D eigenvalue weighted by molar-refractivity contribution is 0.397. The molecule has 1 aliphatic rings. The maximum Gasteiger partial charge on any atom is 0.125 e. The lowest BCUT2D eigenvalue weighted by Crippen LogP contribution is -2.04. The van der Waals surface area contributed by atoms with E-state index in [-0.39, 0.29) is 0 Å². The number of hydrogen-bond donors (Lipinski definition) is 0. The van der Waals surface area contributed by atoms with Gasteiger partial charge in [-0.3, -0.25) is 0 Å². The molecule has 0 amide bonds. The van der Waals surface area contributed by atoms with Gasteiger partial charge in [0.1, 0.15) is 23.0 Å². The van der Waals surface area contributed by atoms with Crippen LogP contribution >= 0.6 is 0 Å². The van der Waals surface area contributed by atoms with Gasteiger partial charge in [-0.2, -0.15) is 0 Å². The van der Waals surface area contributed by atoms with Crippen LogP contribution in [-0.2, 0) is 38.5 Å². The molecule has 40 heavy (non-hydrogen) atoms. The molecular weight excluding hydrogens is 496 g/mol. The number of benzene rings is 4. The summed E-state index contributed by atoms with van der Waals surface area (Å²) >= 11 is 0. The summed E-state index contributed by atoms with van der Waals surface area (Å²) in [6.45, 7) is 0. The minimum absolute atomic E-state index is 0.764. The first-order valence-corrected chi connectivity index (χ1v) is 14.3. The molecule has 1 aliphatic carbocycles. The van der Waals surface area contributed by atoms with E-state index < -0.39 is 0 Å². The summed E-state index contributed by atoms with van der Waals surface area (Å²) in [6.07, 6.45) is 7.23. The second-order valence-electron chi connectivity index (χ2n) is 10.5. The Morgan fingerprint density at radius 1 is 0.350 bits per heavy atom. The minimum atomic E-state index is 0.764. The molecule has 8 bridgehead atoms. The summed E-state index contributed by atoms with van der Waals surface area (Å²) in [6, 6.07) is 26.1. The van der Waals surface area contributed by atoms with Crippen molar-refractivity contribution in [2.75, 3.05) is 28.4 Å². The van der Waals surface area contributed by atoms with Gasteiger partial charge in [-0.1, -0.05) is 72.8 Å². The summed E-state index contributed by atoms with van der Waals surface area (Å²) < 4.78 is 24.0. The molecule has 0 unspecified atom stereocenters. The molecule has 0 radical (unpaired) electrons. The molecule has 5 rings (SSSR count). The first kappa shape index (κ1) is 27.6. The van der Waals surface area contributed by atoms with Gasteiger partial charge in [0.15, 0.2) is 0 Å². The number of rotatable bonds is 4. The highest BCUT2D eigenvalue weighted by atomic mass is 16.5. The number of fused-ring (bicyclic) bond motifs is 8. The second-order valence-corrected chi connectivity index (χ2v) is 10.5. The van der Waals surface area contributed by atoms with Crippen LogP contribution in [0.2, 0.25) is 0 Å². The van der Waals surface area contributed by atoms with Gasteiger partial charge in [0, 0.05) is 12.8 Å². The van der Waals surface area contributed by atoms with E-state index in [0.29, 0.717) is 0 Å². The van der Waals surface area contributed by atoms with Gasteiger partial charge in [-0.25, -0.2) is 0 Å². The molecule has 4 nitrogen and oxygen atoms in total. The van der Waals surface area contributed by atoms with Crippen LogP contribution in [0.5, 0.6) is 23.0 Å². The van der Waals surface area contributed by atoms with Gasteiger partial charge in [0.25, 0.3) is 0 Å². The van der Waals surface area contributed by atoms with Crippen LogP contribution in [0.1, 0.15) is 57.3 Å². The second kappa shape index (κ2) is 13.0. The molecule has 4 heteroatoms. The van der Waals surface area contributed by atoms with E-state index in [0.717, 1.165) is 74.4 Å². The quantitative estimate of drug-likeness (QED) is 0.270. The Labute approximate surface area is 238 Å². The van der Waals surface area contributed by atoms with Crippen LogP contribution in [0.15, 0.2) is 72.8 Å².